The molecular formula is C15H17ClN2O. The molecule has 0 unspecified atom stereocenters. The normalized spacial score (nSPS) is 10.6. The smallest absolute Gasteiger partial charge is 0.133 e. The molecule has 0 atom stereocenters. The average Bonchev–Trinajstić information content (AvgIpc) is 2.38. The molecule has 0 fully saturated rings. The molecule has 4 heteroatoms. The fourth-order valence-electron chi connectivity index (χ4n) is 2.08. The van der Waals surface area contributed by atoms with Gasteiger partial charge in [-0.15, -0.1) is 0 Å². The summed E-state index contributed by atoms with van der Waals surface area (Å²) in [4.78, 5) is 6.36. The summed E-state index contributed by atoms with van der Waals surface area (Å²) in [5.41, 5.74) is 4.00. The molecule has 0 aliphatic heterocycles. The highest BCUT2D eigenvalue weighted by Crippen LogP contribution is 2.27. The highest BCUT2D eigenvalue weighted by atomic mass is 35.5. The monoisotopic (exact) mass is 276 g/mol. The number of aliphatic hydroxyl groups excluding tert-OH is 1. The van der Waals surface area contributed by atoms with E-state index in [-0.39, 0.29) is 6.61 Å². The Bertz CT molecular complexity index is 599. The first-order valence-corrected chi connectivity index (χ1v) is 6.48. The molecule has 0 bridgehead atoms. The highest BCUT2D eigenvalue weighted by molar-refractivity contribution is 6.31. The van der Waals surface area contributed by atoms with Gasteiger partial charge in [0.2, 0.25) is 0 Å². The number of hydrogen-bond acceptors (Lipinski definition) is 3. The van der Waals surface area contributed by atoms with Crippen LogP contribution >= 0.6 is 11.6 Å². The van der Waals surface area contributed by atoms with Crippen LogP contribution in [0.3, 0.4) is 0 Å². The molecule has 0 saturated carbocycles. The van der Waals surface area contributed by atoms with Crippen LogP contribution in [0, 0.1) is 13.8 Å². The SMILES string of the molecule is Cc1ccc(N(C)c2ccc(Cl)c(CO)n2)c(C)c1. The summed E-state index contributed by atoms with van der Waals surface area (Å²) < 4.78 is 0. The predicted octanol–water partition coefficient (Wildman–Crippen LogP) is 3.61. The molecule has 19 heavy (non-hydrogen) atoms. The standard InChI is InChI=1S/C15H17ClN2O/c1-10-4-6-14(11(2)8-10)18(3)15-7-5-12(16)13(9-19)17-15/h4-8,19H,9H2,1-3H3. The van der Waals surface area contributed by atoms with Crippen molar-refractivity contribution in [2.75, 3.05) is 11.9 Å². The van der Waals surface area contributed by atoms with Gasteiger partial charge in [-0.1, -0.05) is 29.3 Å². The number of aromatic nitrogens is 1. The maximum absolute atomic E-state index is 9.22. The second kappa shape index (κ2) is 5.59. The summed E-state index contributed by atoms with van der Waals surface area (Å²) in [6.07, 6.45) is 0. The Labute approximate surface area is 118 Å². The minimum Gasteiger partial charge on any atom is -0.390 e. The summed E-state index contributed by atoms with van der Waals surface area (Å²) in [5, 5.41) is 9.71. The molecular weight excluding hydrogens is 260 g/mol. The van der Waals surface area contributed by atoms with Crippen molar-refractivity contribution >= 4 is 23.1 Å². The van der Waals surface area contributed by atoms with Crippen LogP contribution in [0.2, 0.25) is 5.02 Å². The Balaban J connectivity index is 2.40. The third-order valence-corrected chi connectivity index (χ3v) is 3.46. The van der Waals surface area contributed by atoms with Crippen LogP contribution in [0.15, 0.2) is 30.3 Å². The number of rotatable bonds is 3. The van der Waals surface area contributed by atoms with Crippen LogP contribution < -0.4 is 4.90 Å². The van der Waals surface area contributed by atoms with Crippen molar-refractivity contribution in [2.24, 2.45) is 0 Å². The summed E-state index contributed by atoms with van der Waals surface area (Å²) in [6, 6.07) is 9.88. The van der Waals surface area contributed by atoms with Crippen molar-refractivity contribution in [3.05, 3.63) is 52.2 Å². The van der Waals surface area contributed by atoms with Crippen LogP contribution in [0.4, 0.5) is 11.5 Å². The lowest BCUT2D eigenvalue weighted by Gasteiger charge is -2.21. The topological polar surface area (TPSA) is 36.4 Å². The van der Waals surface area contributed by atoms with E-state index in [1.54, 1.807) is 6.07 Å². The molecule has 1 N–H and O–H groups in total. The zero-order valence-electron chi connectivity index (χ0n) is 11.3. The Morgan fingerprint density at radius 1 is 1.21 bits per heavy atom. The van der Waals surface area contributed by atoms with Gasteiger partial charge in [-0.3, -0.25) is 0 Å². The van der Waals surface area contributed by atoms with Crippen molar-refractivity contribution < 1.29 is 5.11 Å². The van der Waals surface area contributed by atoms with Crippen LogP contribution in [-0.4, -0.2) is 17.1 Å². The first-order chi connectivity index (χ1) is 9.02. The molecule has 100 valence electrons. The van der Waals surface area contributed by atoms with Gasteiger partial charge in [0.05, 0.1) is 17.3 Å². The Hall–Kier alpha value is -1.58. The minimum absolute atomic E-state index is 0.159. The van der Waals surface area contributed by atoms with Crippen LogP contribution in [0.25, 0.3) is 0 Å². The average molecular weight is 277 g/mol. The van der Waals surface area contributed by atoms with Gasteiger partial charge in [0, 0.05) is 12.7 Å². The first kappa shape index (κ1) is 13.8. The summed E-state index contributed by atoms with van der Waals surface area (Å²) in [5.74, 6) is 0.764. The molecule has 2 rings (SSSR count). The van der Waals surface area contributed by atoms with Crippen molar-refractivity contribution in [2.45, 2.75) is 20.5 Å². The molecule has 0 aliphatic rings. The molecule has 1 aromatic heterocycles. The van der Waals surface area contributed by atoms with Gasteiger partial charge in [-0.25, -0.2) is 4.98 Å². The molecule has 0 saturated heterocycles. The Morgan fingerprint density at radius 3 is 2.58 bits per heavy atom. The van der Waals surface area contributed by atoms with Crippen molar-refractivity contribution in [1.29, 1.82) is 0 Å². The van der Waals surface area contributed by atoms with Gasteiger partial charge < -0.3 is 10.0 Å². The van der Waals surface area contributed by atoms with E-state index in [0.29, 0.717) is 10.7 Å². The summed E-state index contributed by atoms with van der Waals surface area (Å²) in [6.45, 7) is 3.98. The van der Waals surface area contributed by atoms with E-state index in [2.05, 4.69) is 37.0 Å². The molecule has 1 heterocycles. The van der Waals surface area contributed by atoms with E-state index in [1.165, 1.54) is 11.1 Å². The van der Waals surface area contributed by atoms with E-state index in [4.69, 9.17) is 11.6 Å². The maximum Gasteiger partial charge on any atom is 0.133 e. The molecule has 0 spiro atoms. The highest BCUT2D eigenvalue weighted by Gasteiger charge is 2.10. The van der Waals surface area contributed by atoms with Crippen LogP contribution in [-0.2, 0) is 6.61 Å². The fraction of sp³-hybridized carbons (Fsp3) is 0.267. The number of benzene rings is 1. The number of anilines is 2. The summed E-state index contributed by atoms with van der Waals surface area (Å²) in [7, 11) is 1.95. The number of aryl methyl sites for hydroxylation is 2. The quantitative estimate of drug-likeness (QED) is 0.930. The van der Waals surface area contributed by atoms with Gasteiger partial charge in [0.1, 0.15) is 5.82 Å². The minimum atomic E-state index is -0.159. The third-order valence-electron chi connectivity index (χ3n) is 3.11. The van der Waals surface area contributed by atoms with E-state index in [1.807, 2.05) is 18.0 Å². The van der Waals surface area contributed by atoms with Crippen molar-refractivity contribution in [3.8, 4) is 0 Å². The molecule has 2 aromatic rings. The van der Waals surface area contributed by atoms with Crippen LogP contribution in [0.1, 0.15) is 16.8 Å². The molecule has 0 aliphatic carbocycles. The third kappa shape index (κ3) is 2.88. The van der Waals surface area contributed by atoms with E-state index < -0.39 is 0 Å². The van der Waals surface area contributed by atoms with Gasteiger partial charge in [-0.05, 0) is 37.6 Å². The van der Waals surface area contributed by atoms with Crippen molar-refractivity contribution in [3.63, 3.8) is 0 Å². The molecule has 1 aromatic carbocycles. The number of pyridine rings is 1. The second-order valence-corrected chi connectivity index (χ2v) is 5.01. The lowest BCUT2D eigenvalue weighted by atomic mass is 10.1. The van der Waals surface area contributed by atoms with Gasteiger partial charge in [-0.2, -0.15) is 0 Å². The maximum atomic E-state index is 9.22. The largest absolute Gasteiger partial charge is 0.390 e. The van der Waals surface area contributed by atoms with E-state index >= 15 is 0 Å². The second-order valence-electron chi connectivity index (χ2n) is 4.61. The first-order valence-electron chi connectivity index (χ1n) is 6.10. The van der Waals surface area contributed by atoms with E-state index in [0.717, 1.165) is 11.5 Å². The number of hydrogen-bond donors (Lipinski definition) is 1. The fourth-order valence-corrected chi connectivity index (χ4v) is 2.24. The number of aliphatic hydroxyl groups is 1. The van der Waals surface area contributed by atoms with Gasteiger partial charge in [0.25, 0.3) is 0 Å². The molecule has 0 radical (unpaired) electrons. The molecule has 3 nitrogen and oxygen atoms in total. The predicted molar refractivity (Wildman–Crippen MR) is 79.1 cm³/mol. The van der Waals surface area contributed by atoms with Crippen molar-refractivity contribution in [1.82, 2.24) is 4.98 Å². The lowest BCUT2D eigenvalue weighted by Crippen LogP contribution is -2.13. The zero-order valence-corrected chi connectivity index (χ0v) is 12.1. The van der Waals surface area contributed by atoms with Gasteiger partial charge in [0.15, 0.2) is 0 Å². The van der Waals surface area contributed by atoms with Gasteiger partial charge >= 0.3 is 0 Å². The lowest BCUT2D eigenvalue weighted by molar-refractivity contribution is 0.277. The molecule has 0 amide bonds. The van der Waals surface area contributed by atoms with E-state index in [9.17, 15) is 5.11 Å². The summed E-state index contributed by atoms with van der Waals surface area (Å²) >= 11 is 5.96. The Kier molecular flexibility index (Phi) is 4.08. The number of nitrogens with zero attached hydrogens (tertiary/aromatic N) is 2. The van der Waals surface area contributed by atoms with Crippen LogP contribution in [0.5, 0.6) is 0 Å². The zero-order chi connectivity index (χ0) is 14.0. The Morgan fingerprint density at radius 2 is 1.95 bits per heavy atom. The number of halogens is 1.